The van der Waals surface area contributed by atoms with Gasteiger partial charge in [-0.3, -0.25) is 4.98 Å². The highest BCUT2D eigenvalue weighted by atomic mass is 32.2. The Bertz CT molecular complexity index is 1400. The molecular formula is C25H24N4O4S. The normalized spacial score (nSPS) is 15.5. The standard InChI is InChI=1S/C25H24N4O4S/c1-17-5-7-20(8-6-17)34(30,31)22-9-11-29(18-4-3-10-26-15-18)25-23(22)24-21(28-25)14-19(16-27-24)33-13-12-32-2/h3-11,14-16,22,27H,12-13H2,1-2H3. The predicted octanol–water partition coefficient (Wildman–Crippen LogP) is 4.42. The second-order valence-corrected chi connectivity index (χ2v) is 10.1. The largest absolute Gasteiger partial charge is 0.490 e. The number of H-pyrrole nitrogens is 1. The van der Waals surface area contributed by atoms with Crippen molar-refractivity contribution in [1.29, 1.82) is 0 Å². The van der Waals surface area contributed by atoms with Crippen LogP contribution < -0.4 is 9.64 Å². The van der Waals surface area contributed by atoms with E-state index in [2.05, 4.69) is 9.97 Å². The number of anilines is 2. The molecule has 174 valence electrons. The first-order valence-electron chi connectivity index (χ1n) is 10.8. The summed E-state index contributed by atoms with van der Waals surface area (Å²) in [6, 6.07) is 12.4. The number of pyridine rings is 2. The minimum Gasteiger partial charge on any atom is -0.490 e. The number of rotatable bonds is 7. The van der Waals surface area contributed by atoms with E-state index in [0.717, 1.165) is 11.3 Å². The molecule has 0 saturated carbocycles. The van der Waals surface area contributed by atoms with Gasteiger partial charge in [0.25, 0.3) is 0 Å². The lowest BCUT2D eigenvalue weighted by Gasteiger charge is -2.27. The lowest BCUT2D eigenvalue weighted by Crippen LogP contribution is -2.21. The van der Waals surface area contributed by atoms with Crippen LogP contribution in [0.25, 0.3) is 11.4 Å². The van der Waals surface area contributed by atoms with Crippen LogP contribution in [0.3, 0.4) is 0 Å². The molecule has 1 aromatic heterocycles. The van der Waals surface area contributed by atoms with E-state index in [-0.39, 0.29) is 4.90 Å². The van der Waals surface area contributed by atoms with E-state index in [9.17, 15) is 8.42 Å². The molecule has 0 fully saturated rings. The highest BCUT2D eigenvalue weighted by Gasteiger charge is 2.38. The van der Waals surface area contributed by atoms with Gasteiger partial charge < -0.3 is 19.4 Å². The molecule has 9 heteroatoms. The molecule has 1 atom stereocenters. The molecule has 1 unspecified atom stereocenters. The number of nitrogens with one attached hydrogen (secondary N) is 1. The lowest BCUT2D eigenvalue weighted by molar-refractivity contribution is 0.146. The van der Waals surface area contributed by atoms with Gasteiger partial charge in [0.05, 0.1) is 34.8 Å². The van der Waals surface area contributed by atoms with Crippen LogP contribution in [0.5, 0.6) is 5.75 Å². The highest BCUT2D eigenvalue weighted by Crippen LogP contribution is 2.47. The Morgan fingerprint density at radius 3 is 2.71 bits per heavy atom. The summed E-state index contributed by atoms with van der Waals surface area (Å²) in [6.45, 7) is 2.78. The molecule has 1 aromatic carbocycles. The molecule has 5 rings (SSSR count). The number of aromatic amines is 1. The van der Waals surface area contributed by atoms with Gasteiger partial charge in [-0.2, -0.15) is 0 Å². The zero-order valence-corrected chi connectivity index (χ0v) is 19.6. The molecule has 0 amide bonds. The van der Waals surface area contributed by atoms with Gasteiger partial charge in [0.2, 0.25) is 0 Å². The Labute approximate surface area is 198 Å². The SMILES string of the molecule is COCCOc1c[nH]c2c3c(nc-2c1)N(c1cccnc1)C=CC3S(=O)(=O)c1ccc(C)cc1. The lowest BCUT2D eigenvalue weighted by atomic mass is 10.1. The van der Waals surface area contributed by atoms with Crippen molar-refractivity contribution in [2.45, 2.75) is 17.1 Å². The van der Waals surface area contributed by atoms with Crippen LogP contribution in [0.15, 0.2) is 78.2 Å². The number of hydrogen-bond acceptors (Lipinski definition) is 7. The van der Waals surface area contributed by atoms with Crippen LogP contribution in [0.2, 0.25) is 0 Å². The average Bonchev–Trinajstić information content (AvgIpc) is 3.23. The van der Waals surface area contributed by atoms with Crippen LogP contribution >= 0.6 is 0 Å². The van der Waals surface area contributed by atoms with Gasteiger partial charge in [-0.15, -0.1) is 0 Å². The number of aryl methyl sites for hydroxylation is 1. The van der Waals surface area contributed by atoms with E-state index in [1.165, 1.54) is 0 Å². The number of aromatic nitrogens is 3. The maximum absolute atomic E-state index is 13.7. The molecule has 4 heterocycles. The third kappa shape index (κ3) is 3.93. The van der Waals surface area contributed by atoms with Gasteiger partial charge in [-0.1, -0.05) is 17.7 Å². The first-order chi connectivity index (χ1) is 16.5. The van der Waals surface area contributed by atoms with Gasteiger partial charge in [-0.25, -0.2) is 13.4 Å². The van der Waals surface area contributed by atoms with E-state index < -0.39 is 15.1 Å². The van der Waals surface area contributed by atoms with Crippen molar-refractivity contribution in [3.8, 4) is 17.1 Å². The fourth-order valence-corrected chi connectivity index (χ4v) is 5.62. The third-order valence-corrected chi connectivity index (χ3v) is 7.71. The highest BCUT2D eigenvalue weighted by molar-refractivity contribution is 7.91. The van der Waals surface area contributed by atoms with Crippen LogP contribution in [0.4, 0.5) is 11.5 Å². The van der Waals surface area contributed by atoms with Crippen molar-refractivity contribution in [1.82, 2.24) is 15.0 Å². The fraction of sp³-hybridized carbons (Fsp3) is 0.200. The first kappa shape index (κ1) is 22.1. The smallest absolute Gasteiger partial charge is 0.189 e. The molecule has 0 saturated heterocycles. The Kier molecular flexibility index (Phi) is 5.80. The molecule has 0 aliphatic carbocycles. The Balaban J connectivity index is 1.64. The zero-order chi connectivity index (χ0) is 23.7. The summed E-state index contributed by atoms with van der Waals surface area (Å²) < 4.78 is 38.2. The monoisotopic (exact) mass is 476 g/mol. The van der Waals surface area contributed by atoms with Crippen molar-refractivity contribution >= 4 is 21.3 Å². The van der Waals surface area contributed by atoms with E-state index >= 15 is 0 Å². The number of methoxy groups -OCH3 is 1. The van der Waals surface area contributed by atoms with E-state index in [0.29, 0.717) is 41.7 Å². The summed E-state index contributed by atoms with van der Waals surface area (Å²) in [5.74, 6) is 1.13. The van der Waals surface area contributed by atoms with Gasteiger partial charge in [0.1, 0.15) is 23.4 Å². The summed E-state index contributed by atoms with van der Waals surface area (Å²) in [6.07, 6.45) is 8.56. The van der Waals surface area contributed by atoms with Gasteiger partial charge in [-0.05, 0) is 37.3 Å². The summed E-state index contributed by atoms with van der Waals surface area (Å²) in [4.78, 5) is 14.4. The van der Waals surface area contributed by atoms with Crippen LogP contribution in [-0.2, 0) is 14.6 Å². The van der Waals surface area contributed by atoms with Crippen molar-refractivity contribution in [3.05, 3.63) is 84.5 Å². The maximum Gasteiger partial charge on any atom is 0.189 e. The molecule has 3 aliphatic heterocycles. The van der Waals surface area contributed by atoms with Gasteiger partial charge in [0, 0.05) is 37.3 Å². The van der Waals surface area contributed by atoms with Crippen molar-refractivity contribution in [2.24, 2.45) is 0 Å². The minimum absolute atomic E-state index is 0.266. The second-order valence-electron chi connectivity index (χ2n) is 7.99. The summed E-state index contributed by atoms with van der Waals surface area (Å²) in [5, 5.41) is -0.903. The molecule has 8 nitrogen and oxygen atoms in total. The molecule has 1 N–H and O–H groups in total. The number of sulfone groups is 1. The predicted molar refractivity (Wildman–Crippen MR) is 129 cm³/mol. The third-order valence-electron chi connectivity index (χ3n) is 5.72. The second kappa shape index (κ2) is 8.92. The fourth-order valence-electron chi connectivity index (χ4n) is 4.00. The van der Waals surface area contributed by atoms with E-state index in [4.69, 9.17) is 14.5 Å². The summed E-state index contributed by atoms with van der Waals surface area (Å²) in [7, 11) is -2.11. The molecule has 0 spiro atoms. The van der Waals surface area contributed by atoms with Gasteiger partial charge in [0.15, 0.2) is 9.84 Å². The van der Waals surface area contributed by atoms with Crippen LogP contribution in [0.1, 0.15) is 16.4 Å². The minimum atomic E-state index is -3.72. The zero-order valence-electron chi connectivity index (χ0n) is 18.8. The maximum atomic E-state index is 13.7. The first-order valence-corrected chi connectivity index (χ1v) is 12.4. The van der Waals surface area contributed by atoms with Crippen molar-refractivity contribution in [2.75, 3.05) is 25.2 Å². The summed E-state index contributed by atoms with van der Waals surface area (Å²) >= 11 is 0. The Morgan fingerprint density at radius 2 is 1.97 bits per heavy atom. The molecule has 0 bridgehead atoms. The number of fused-ring (bicyclic) bond motifs is 3. The van der Waals surface area contributed by atoms with Crippen molar-refractivity contribution < 1.29 is 17.9 Å². The molecule has 2 aromatic rings. The topological polar surface area (TPSA) is 97.4 Å². The number of nitrogens with zero attached hydrogens (tertiary/aromatic N) is 3. The van der Waals surface area contributed by atoms with E-state index in [1.807, 2.05) is 24.0 Å². The Morgan fingerprint density at radius 1 is 1.15 bits per heavy atom. The number of hydrogen-bond donors (Lipinski definition) is 1. The Hall–Kier alpha value is -3.69. The number of benzene rings is 1. The number of ether oxygens (including phenoxy) is 2. The van der Waals surface area contributed by atoms with Gasteiger partial charge >= 0.3 is 0 Å². The quantitative estimate of drug-likeness (QED) is 0.394. The van der Waals surface area contributed by atoms with E-state index in [1.54, 1.807) is 68.3 Å². The summed E-state index contributed by atoms with van der Waals surface area (Å²) in [5.41, 5.74) is 3.63. The average molecular weight is 477 g/mol. The molecule has 34 heavy (non-hydrogen) atoms. The molecule has 3 aliphatic rings. The van der Waals surface area contributed by atoms with Crippen LogP contribution in [-0.4, -0.2) is 43.7 Å². The van der Waals surface area contributed by atoms with Crippen molar-refractivity contribution in [3.63, 3.8) is 0 Å². The van der Waals surface area contributed by atoms with Crippen LogP contribution in [0, 0.1) is 6.92 Å². The molecule has 0 radical (unpaired) electrons. The molecular weight excluding hydrogens is 452 g/mol.